The Hall–Kier alpha value is -1.88. The van der Waals surface area contributed by atoms with E-state index in [1.165, 1.54) is 0 Å². The Morgan fingerprint density at radius 2 is 2.05 bits per heavy atom. The first-order valence-corrected chi connectivity index (χ1v) is 7.12. The van der Waals surface area contributed by atoms with Crippen LogP contribution >= 0.6 is 0 Å². The van der Waals surface area contributed by atoms with Crippen molar-refractivity contribution in [1.82, 2.24) is 4.90 Å². The quantitative estimate of drug-likeness (QED) is 0.921. The predicted molar refractivity (Wildman–Crippen MR) is 78.3 cm³/mol. The van der Waals surface area contributed by atoms with Gasteiger partial charge in [-0.3, -0.25) is 4.79 Å². The molecule has 1 aliphatic rings. The first kappa shape index (κ1) is 15.5. The third-order valence-electron chi connectivity index (χ3n) is 3.63. The Morgan fingerprint density at radius 3 is 2.71 bits per heavy atom. The topological polar surface area (TPSA) is 66.8 Å². The number of carbonyl (C=O) groups is 2. The maximum atomic E-state index is 12.3. The highest BCUT2D eigenvalue weighted by atomic mass is 16.5. The molecule has 5 heteroatoms. The molecule has 0 unspecified atom stereocenters. The molecule has 0 saturated carbocycles. The number of morpholine rings is 1. The van der Waals surface area contributed by atoms with E-state index in [0.717, 1.165) is 0 Å². The number of amides is 1. The van der Waals surface area contributed by atoms with Gasteiger partial charge in [-0.05, 0) is 31.9 Å². The summed E-state index contributed by atoms with van der Waals surface area (Å²) in [5.41, 5.74) is 0.658. The fourth-order valence-corrected chi connectivity index (χ4v) is 2.58. The van der Waals surface area contributed by atoms with Crippen LogP contribution < -0.4 is 0 Å². The van der Waals surface area contributed by atoms with Crippen LogP contribution in [0.3, 0.4) is 0 Å². The number of carboxylic acids is 1. The van der Waals surface area contributed by atoms with E-state index in [1.54, 1.807) is 29.2 Å². The molecule has 5 nitrogen and oxygen atoms in total. The van der Waals surface area contributed by atoms with Gasteiger partial charge in [0.1, 0.15) is 0 Å². The van der Waals surface area contributed by atoms with Gasteiger partial charge in [-0.15, -0.1) is 0 Å². The maximum Gasteiger partial charge on any atom is 0.335 e. The molecule has 0 aliphatic carbocycles. The molecule has 1 saturated heterocycles. The minimum absolute atomic E-state index is 0.0477. The van der Waals surface area contributed by atoms with Gasteiger partial charge in [-0.25, -0.2) is 4.79 Å². The highest BCUT2D eigenvalue weighted by Gasteiger charge is 2.29. The van der Waals surface area contributed by atoms with Crippen LogP contribution in [0.15, 0.2) is 24.3 Å². The maximum absolute atomic E-state index is 12.3. The number of carboxylic acid groups (broad SMARTS) is 1. The first-order valence-electron chi connectivity index (χ1n) is 7.12. The van der Waals surface area contributed by atoms with Crippen LogP contribution in [0.4, 0.5) is 0 Å². The molecule has 1 amide bonds. The lowest BCUT2D eigenvalue weighted by molar-refractivity contribution is -0.145. The fraction of sp³-hybridized carbons (Fsp3) is 0.500. The predicted octanol–water partition coefficient (Wildman–Crippen LogP) is 1.95. The molecule has 1 aromatic carbocycles. The average molecular weight is 291 g/mol. The molecule has 0 aromatic heterocycles. The number of benzene rings is 1. The molecule has 1 fully saturated rings. The minimum Gasteiger partial charge on any atom is -0.478 e. The van der Waals surface area contributed by atoms with E-state index in [1.807, 2.05) is 13.8 Å². The molecule has 0 bridgehead atoms. The first-order chi connectivity index (χ1) is 9.89. The summed E-state index contributed by atoms with van der Waals surface area (Å²) in [4.78, 5) is 25.2. The van der Waals surface area contributed by atoms with Gasteiger partial charge in [0, 0.05) is 19.5 Å². The number of aromatic carboxylic acids is 1. The zero-order chi connectivity index (χ0) is 15.5. The average Bonchev–Trinajstić information content (AvgIpc) is 2.43. The standard InChI is InChI=1S/C16H21NO4/c1-16(2)11-17(9-10-21-16)14(18)8-7-12-5-3-4-6-13(12)15(19)20/h3-6H,7-11H2,1-2H3,(H,19,20). The van der Waals surface area contributed by atoms with Crippen LogP contribution in [0.1, 0.15) is 36.2 Å². The number of rotatable bonds is 4. The number of carbonyl (C=O) groups excluding carboxylic acids is 1. The van der Waals surface area contributed by atoms with E-state index in [9.17, 15) is 9.59 Å². The van der Waals surface area contributed by atoms with Gasteiger partial charge in [-0.2, -0.15) is 0 Å². The number of nitrogens with zero attached hydrogens (tertiary/aromatic N) is 1. The smallest absolute Gasteiger partial charge is 0.335 e. The van der Waals surface area contributed by atoms with E-state index in [-0.39, 0.29) is 17.1 Å². The largest absolute Gasteiger partial charge is 0.478 e. The summed E-state index contributed by atoms with van der Waals surface area (Å²) in [5, 5.41) is 9.14. The van der Waals surface area contributed by atoms with Gasteiger partial charge < -0.3 is 14.7 Å². The Morgan fingerprint density at radius 1 is 1.33 bits per heavy atom. The third kappa shape index (κ3) is 4.04. The summed E-state index contributed by atoms with van der Waals surface area (Å²) < 4.78 is 5.59. The second-order valence-electron chi connectivity index (χ2n) is 5.89. The zero-order valence-corrected chi connectivity index (χ0v) is 12.5. The van der Waals surface area contributed by atoms with Crippen LogP contribution in [0.5, 0.6) is 0 Å². The monoisotopic (exact) mass is 291 g/mol. The van der Waals surface area contributed by atoms with Gasteiger partial charge in [-0.1, -0.05) is 18.2 Å². The molecule has 1 heterocycles. The van der Waals surface area contributed by atoms with E-state index >= 15 is 0 Å². The molecule has 0 radical (unpaired) electrons. The summed E-state index contributed by atoms with van der Waals surface area (Å²) in [5.74, 6) is -0.905. The van der Waals surface area contributed by atoms with Crippen LogP contribution in [0.25, 0.3) is 0 Å². The van der Waals surface area contributed by atoms with Crippen molar-refractivity contribution in [3.63, 3.8) is 0 Å². The molecular weight excluding hydrogens is 270 g/mol. The normalized spacial score (nSPS) is 17.5. The summed E-state index contributed by atoms with van der Waals surface area (Å²) in [6, 6.07) is 6.82. The van der Waals surface area contributed by atoms with Gasteiger partial charge >= 0.3 is 5.97 Å². The molecule has 1 aliphatic heterocycles. The van der Waals surface area contributed by atoms with Gasteiger partial charge in [0.15, 0.2) is 0 Å². The molecule has 2 rings (SSSR count). The minimum atomic E-state index is -0.953. The lowest BCUT2D eigenvalue weighted by Crippen LogP contribution is -2.50. The molecule has 114 valence electrons. The van der Waals surface area contributed by atoms with Crippen LogP contribution in [-0.4, -0.2) is 47.2 Å². The molecule has 21 heavy (non-hydrogen) atoms. The second kappa shape index (κ2) is 6.26. The fourth-order valence-electron chi connectivity index (χ4n) is 2.58. The van der Waals surface area contributed by atoms with E-state index < -0.39 is 5.97 Å². The van der Waals surface area contributed by atoms with Crippen LogP contribution in [-0.2, 0) is 16.0 Å². The number of aryl methyl sites for hydroxylation is 1. The summed E-state index contributed by atoms with van der Waals surface area (Å²) in [7, 11) is 0. The molecule has 0 atom stereocenters. The van der Waals surface area contributed by atoms with Crippen molar-refractivity contribution in [2.24, 2.45) is 0 Å². The SMILES string of the molecule is CC1(C)CN(C(=O)CCc2ccccc2C(=O)O)CCO1. The Labute approximate surface area is 124 Å². The van der Waals surface area contributed by atoms with E-state index in [2.05, 4.69) is 0 Å². The van der Waals surface area contributed by atoms with Crippen molar-refractivity contribution in [3.05, 3.63) is 35.4 Å². The molecular formula is C16H21NO4. The third-order valence-corrected chi connectivity index (χ3v) is 3.63. The molecule has 1 N–H and O–H groups in total. The number of ether oxygens (including phenoxy) is 1. The van der Waals surface area contributed by atoms with Gasteiger partial charge in [0.25, 0.3) is 0 Å². The highest BCUT2D eigenvalue weighted by Crippen LogP contribution is 2.18. The zero-order valence-electron chi connectivity index (χ0n) is 12.5. The van der Waals surface area contributed by atoms with Crippen molar-refractivity contribution in [2.45, 2.75) is 32.3 Å². The van der Waals surface area contributed by atoms with Crippen LogP contribution in [0, 0.1) is 0 Å². The van der Waals surface area contributed by atoms with Crippen molar-refractivity contribution in [2.75, 3.05) is 19.7 Å². The summed E-state index contributed by atoms with van der Waals surface area (Å²) >= 11 is 0. The van der Waals surface area contributed by atoms with E-state index in [0.29, 0.717) is 38.1 Å². The molecule has 1 aromatic rings. The highest BCUT2D eigenvalue weighted by molar-refractivity contribution is 5.89. The van der Waals surface area contributed by atoms with E-state index in [4.69, 9.17) is 9.84 Å². The summed E-state index contributed by atoms with van der Waals surface area (Å²) in [6.45, 7) is 5.65. The van der Waals surface area contributed by atoms with Gasteiger partial charge in [0.05, 0.1) is 17.8 Å². The van der Waals surface area contributed by atoms with Crippen molar-refractivity contribution < 1.29 is 19.4 Å². The van der Waals surface area contributed by atoms with Crippen molar-refractivity contribution in [3.8, 4) is 0 Å². The van der Waals surface area contributed by atoms with Crippen LogP contribution in [0.2, 0.25) is 0 Å². The Kier molecular flexibility index (Phi) is 4.63. The Balaban J connectivity index is 1.97. The number of hydrogen-bond acceptors (Lipinski definition) is 3. The summed E-state index contributed by atoms with van der Waals surface area (Å²) in [6.07, 6.45) is 0.763. The lowest BCUT2D eigenvalue weighted by atomic mass is 10.0. The van der Waals surface area contributed by atoms with Crippen molar-refractivity contribution in [1.29, 1.82) is 0 Å². The Bertz CT molecular complexity index is 539. The second-order valence-corrected chi connectivity index (χ2v) is 5.89. The van der Waals surface area contributed by atoms with Gasteiger partial charge in [0.2, 0.25) is 5.91 Å². The lowest BCUT2D eigenvalue weighted by Gasteiger charge is -2.38. The number of hydrogen-bond donors (Lipinski definition) is 1. The molecule has 0 spiro atoms. The van der Waals surface area contributed by atoms with Crippen molar-refractivity contribution >= 4 is 11.9 Å².